The fourth-order valence-electron chi connectivity index (χ4n) is 8.95. The molecule has 0 aromatic heterocycles. The average Bonchev–Trinajstić information content (AvgIpc) is 3.28. The lowest BCUT2D eigenvalue weighted by molar-refractivity contribution is -0.144. The highest BCUT2D eigenvalue weighted by atomic mass is 16.5. The van der Waals surface area contributed by atoms with E-state index in [1.165, 1.54) is 167 Å². The van der Waals surface area contributed by atoms with Gasteiger partial charge in [-0.05, 0) is 57.3 Å². The third-order valence-corrected chi connectivity index (χ3v) is 13.3. The van der Waals surface area contributed by atoms with Gasteiger partial charge >= 0.3 is 11.9 Å². The number of nitrogens with zero attached hydrogens (tertiary/aromatic N) is 1. The zero-order valence-corrected chi connectivity index (χ0v) is 41.5. The summed E-state index contributed by atoms with van der Waals surface area (Å²) in [6, 6.07) is 0. The van der Waals surface area contributed by atoms with Crippen LogP contribution >= 0.6 is 0 Å². The molecule has 0 aliphatic carbocycles. The molecule has 1 aliphatic rings. The van der Waals surface area contributed by atoms with Gasteiger partial charge in [-0.25, -0.2) is 0 Å². The van der Waals surface area contributed by atoms with Gasteiger partial charge in [0, 0.05) is 45.6 Å². The fraction of sp³-hybridized carbons (Fsp3) is 0.963. The topological polar surface area (TPSA) is 97.3 Å². The number of esters is 2. The molecule has 1 saturated heterocycles. The van der Waals surface area contributed by atoms with E-state index in [0.717, 1.165) is 117 Å². The zero-order valence-electron chi connectivity index (χ0n) is 41.5. The molecule has 0 spiro atoms. The number of rotatable bonds is 49. The smallest absolute Gasteiger partial charge is 0.305 e. The first-order valence-corrected chi connectivity index (χ1v) is 27.6. The van der Waals surface area contributed by atoms with Crippen molar-refractivity contribution in [2.75, 3.05) is 59.2 Å². The molecular formula is C54H106N2O6. The minimum Gasteiger partial charge on any atom is -0.466 e. The van der Waals surface area contributed by atoms with Gasteiger partial charge in [-0.3, -0.25) is 14.5 Å². The Labute approximate surface area is 385 Å². The van der Waals surface area contributed by atoms with Crippen molar-refractivity contribution in [3.05, 3.63) is 0 Å². The lowest BCUT2D eigenvalue weighted by Crippen LogP contribution is -2.41. The number of aliphatic hydroxyl groups excluding tert-OH is 1. The van der Waals surface area contributed by atoms with E-state index in [1.54, 1.807) is 0 Å². The monoisotopic (exact) mass is 879 g/mol. The number of carbonyl (C=O) groups is 2. The van der Waals surface area contributed by atoms with E-state index in [0.29, 0.717) is 26.1 Å². The molecule has 2 unspecified atom stereocenters. The summed E-state index contributed by atoms with van der Waals surface area (Å²) in [5.41, 5.74) is 0. The zero-order chi connectivity index (χ0) is 44.7. The molecule has 1 fully saturated rings. The molecule has 8 heteroatoms. The van der Waals surface area contributed by atoms with Crippen molar-refractivity contribution in [1.29, 1.82) is 0 Å². The highest BCUT2D eigenvalue weighted by Crippen LogP contribution is 2.19. The highest BCUT2D eigenvalue weighted by Gasteiger charge is 2.19. The van der Waals surface area contributed by atoms with Crippen molar-refractivity contribution < 1.29 is 28.9 Å². The summed E-state index contributed by atoms with van der Waals surface area (Å²) in [6.07, 6.45) is 46.6. The van der Waals surface area contributed by atoms with Gasteiger partial charge in [-0.1, -0.05) is 200 Å². The maximum Gasteiger partial charge on any atom is 0.305 e. The van der Waals surface area contributed by atoms with E-state index in [1.807, 2.05) is 0 Å². The first-order chi connectivity index (χ1) is 30.6. The van der Waals surface area contributed by atoms with Gasteiger partial charge in [0.1, 0.15) is 0 Å². The SMILES string of the molecule is CCCCCCCCCCCCCCCCCC(=O)OCCCCCC(O)C(CCCCOC(=O)CCCCCCCCCCCCCCCCC)CNCCN1CCOCC1. The minimum atomic E-state index is -0.369. The third kappa shape index (κ3) is 41.5. The van der Waals surface area contributed by atoms with Crippen LogP contribution in [0.3, 0.4) is 0 Å². The average molecular weight is 879 g/mol. The Kier molecular flexibility index (Phi) is 45.3. The number of nitrogens with one attached hydrogen (secondary N) is 1. The molecule has 0 amide bonds. The fourth-order valence-corrected chi connectivity index (χ4v) is 8.95. The number of aliphatic hydroxyl groups is 1. The van der Waals surface area contributed by atoms with Gasteiger partial charge in [0.15, 0.2) is 0 Å². The number of unbranched alkanes of at least 4 members (excludes halogenated alkanes) is 31. The van der Waals surface area contributed by atoms with Crippen molar-refractivity contribution >= 4 is 11.9 Å². The lowest BCUT2D eigenvalue weighted by Gasteiger charge is -2.28. The molecule has 0 saturated carbocycles. The number of morpholine rings is 1. The third-order valence-electron chi connectivity index (χ3n) is 13.3. The molecular weight excluding hydrogens is 773 g/mol. The number of ether oxygens (including phenoxy) is 3. The van der Waals surface area contributed by atoms with Crippen LogP contribution in [0.5, 0.6) is 0 Å². The van der Waals surface area contributed by atoms with Crippen LogP contribution in [0, 0.1) is 5.92 Å². The van der Waals surface area contributed by atoms with Crippen LogP contribution in [-0.4, -0.2) is 87.2 Å². The molecule has 2 N–H and O–H groups in total. The van der Waals surface area contributed by atoms with Crippen LogP contribution in [0.2, 0.25) is 0 Å². The summed E-state index contributed by atoms with van der Waals surface area (Å²) in [4.78, 5) is 27.1. The van der Waals surface area contributed by atoms with Crippen molar-refractivity contribution in [3.63, 3.8) is 0 Å². The van der Waals surface area contributed by atoms with E-state index in [2.05, 4.69) is 24.1 Å². The molecule has 1 heterocycles. The first kappa shape index (κ1) is 58.8. The van der Waals surface area contributed by atoms with Crippen LogP contribution in [0.4, 0.5) is 0 Å². The maximum absolute atomic E-state index is 12.4. The molecule has 0 aromatic rings. The second-order valence-electron chi connectivity index (χ2n) is 19.2. The summed E-state index contributed by atoms with van der Waals surface area (Å²) in [6.45, 7) is 11.8. The summed E-state index contributed by atoms with van der Waals surface area (Å²) in [7, 11) is 0. The van der Waals surface area contributed by atoms with Crippen LogP contribution in [0.15, 0.2) is 0 Å². The van der Waals surface area contributed by atoms with Crippen LogP contribution < -0.4 is 5.32 Å². The van der Waals surface area contributed by atoms with E-state index in [-0.39, 0.29) is 24.0 Å². The van der Waals surface area contributed by atoms with E-state index in [4.69, 9.17) is 14.2 Å². The van der Waals surface area contributed by atoms with E-state index >= 15 is 0 Å². The van der Waals surface area contributed by atoms with Gasteiger partial charge in [-0.15, -0.1) is 0 Å². The highest BCUT2D eigenvalue weighted by molar-refractivity contribution is 5.69. The van der Waals surface area contributed by atoms with Crippen molar-refractivity contribution in [2.45, 2.75) is 270 Å². The Morgan fingerprint density at radius 1 is 0.500 bits per heavy atom. The van der Waals surface area contributed by atoms with Crippen molar-refractivity contribution in [3.8, 4) is 0 Å². The van der Waals surface area contributed by atoms with Crippen LogP contribution in [-0.2, 0) is 23.8 Å². The van der Waals surface area contributed by atoms with Gasteiger partial charge < -0.3 is 24.6 Å². The molecule has 1 aliphatic heterocycles. The molecule has 1 rings (SSSR count). The van der Waals surface area contributed by atoms with Gasteiger partial charge in [0.2, 0.25) is 0 Å². The Morgan fingerprint density at radius 3 is 1.27 bits per heavy atom. The molecule has 2 atom stereocenters. The van der Waals surface area contributed by atoms with Gasteiger partial charge in [-0.2, -0.15) is 0 Å². The molecule has 368 valence electrons. The summed E-state index contributed by atoms with van der Waals surface area (Å²) in [5, 5.41) is 14.9. The predicted molar refractivity (Wildman–Crippen MR) is 263 cm³/mol. The second-order valence-corrected chi connectivity index (χ2v) is 19.2. The Balaban J connectivity index is 2.10. The summed E-state index contributed by atoms with van der Waals surface area (Å²) in [5.74, 6) is 0.0545. The molecule has 0 aromatic carbocycles. The molecule has 0 bridgehead atoms. The Hall–Kier alpha value is -1.22. The standard InChI is InChI=1S/C54H106N2O6/c1-3-5-7-9-11-13-15-17-19-21-23-25-27-29-33-40-53(58)61-46-36-31-32-39-52(57)51(50-55-42-43-56-44-48-60-49-45-56)38-35-37-47-62-54(59)41-34-30-28-26-24-22-20-18-16-14-12-10-8-6-4-2/h51-52,55,57H,3-50H2,1-2H3. The first-order valence-electron chi connectivity index (χ1n) is 27.6. The predicted octanol–water partition coefficient (Wildman–Crippen LogP) is 14.2. The number of hydrogen-bond acceptors (Lipinski definition) is 8. The number of carbonyl (C=O) groups excluding carboxylic acids is 2. The Morgan fingerprint density at radius 2 is 0.855 bits per heavy atom. The Bertz CT molecular complexity index is 931. The minimum absolute atomic E-state index is 0.0568. The van der Waals surface area contributed by atoms with Crippen molar-refractivity contribution in [1.82, 2.24) is 10.2 Å². The van der Waals surface area contributed by atoms with Crippen molar-refractivity contribution in [2.24, 2.45) is 5.92 Å². The van der Waals surface area contributed by atoms with E-state index < -0.39 is 0 Å². The number of hydrogen-bond donors (Lipinski definition) is 2. The molecule has 62 heavy (non-hydrogen) atoms. The maximum atomic E-state index is 12.4. The quantitative estimate of drug-likeness (QED) is 0.0461. The summed E-state index contributed by atoms with van der Waals surface area (Å²) < 4.78 is 16.6. The second kappa shape index (κ2) is 47.7. The van der Waals surface area contributed by atoms with Gasteiger partial charge in [0.25, 0.3) is 0 Å². The van der Waals surface area contributed by atoms with Crippen LogP contribution in [0.1, 0.15) is 264 Å². The van der Waals surface area contributed by atoms with Gasteiger partial charge in [0.05, 0.1) is 32.5 Å². The largest absolute Gasteiger partial charge is 0.466 e. The molecule has 0 radical (unpaired) electrons. The normalized spacial score (nSPS) is 14.3. The summed E-state index contributed by atoms with van der Waals surface area (Å²) >= 11 is 0. The lowest BCUT2D eigenvalue weighted by atomic mass is 9.92. The molecule has 8 nitrogen and oxygen atoms in total. The van der Waals surface area contributed by atoms with E-state index in [9.17, 15) is 14.7 Å². The van der Waals surface area contributed by atoms with Crippen LogP contribution in [0.25, 0.3) is 0 Å².